The highest BCUT2D eigenvalue weighted by Crippen LogP contribution is 2.63. The van der Waals surface area contributed by atoms with Crippen LogP contribution in [0.5, 0.6) is 0 Å². The SMILES string of the molecule is CCC#CC(C[C@@H]1CC[C@H]2[C@@H]3CCC4CC(=O)CCC4=C3CC[C@]12C)c1ccc(C(C)(C)C)cc1. The quantitative estimate of drug-likeness (QED) is 0.319. The molecule has 0 radical (unpaired) electrons. The molecule has 4 aliphatic carbocycles. The first-order valence-electron chi connectivity index (χ1n) is 14.5. The minimum atomic E-state index is 0.189. The summed E-state index contributed by atoms with van der Waals surface area (Å²) in [4.78, 5) is 12.1. The monoisotopic (exact) mass is 470 g/mol. The molecule has 0 saturated heterocycles. The van der Waals surface area contributed by atoms with E-state index < -0.39 is 0 Å². The van der Waals surface area contributed by atoms with Crippen molar-refractivity contribution in [2.75, 3.05) is 0 Å². The summed E-state index contributed by atoms with van der Waals surface area (Å²) in [6, 6.07) is 9.39. The average molecular weight is 471 g/mol. The van der Waals surface area contributed by atoms with Crippen LogP contribution in [-0.4, -0.2) is 5.78 Å². The van der Waals surface area contributed by atoms with Crippen LogP contribution >= 0.6 is 0 Å². The van der Waals surface area contributed by atoms with Gasteiger partial charge < -0.3 is 0 Å². The van der Waals surface area contributed by atoms with E-state index in [4.69, 9.17) is 0 Å². The molecule has 3 fully saturated rings. The molecule has 0 aromatic heterocycles. The Labute approximate surface area is 214 Å². The molecule has 1 nitrogen and oxygen atoms in total. The zero-order valence-corrected chi connectivity index (χ0v) is 22.9. The van der Waals surface area contributed by atoms with Crippen LogP contribution in [0.4, 0.5) is 0 Å². The second-order valence-electron chi connectivity index (χ2n) is 13.4. The van der Waals surface area contributed by atoms with Gasteiger partial charge in [0.15, 0.2) is 0 Å². The zero-order chi connectivity index (χ0) is 24.8. The number of fused-ring (bicyclic) bond motifs is 4. The van der Waals surface area contributed by atoms with Gasteiger partial charge in [0.25, 0.3) is 0 Å². The Bertz CT molecular complexity index is 1040. The molecular weight excluding hydrogens is 424 g/mol. The topological polar surface area (TPSA) is 17.1 Å². The predicted octanol–water partition coefficient (Wildman–Crippen LogP) is 8.77. The molecule has 5 rings (SSSR count). The molecule has 3 saturated carbocycles. The highest BCUT2D eigenvalue weighted by molar-refractivity contribution is 5.80. The van der Waals surface area contributed by atoms with Gasteiger partial charge in [-0.15, -0.1) is 5.92 Å². The van der Waals surface area contributed by atoms with Crippen LogP contribution in [0, 0.1) is 40.9 Å². The van der Waals surface area contributed by atoms with E-state index in [1.54, 1.807) is 5.57 Å². The molecule has 1 aromatic rings. The van der Waals surface area contributed by atoms with Crippen LogP contribution in [0.1, 0.15) is 122 Å². The summed E-state index contributed by atoms with van der Waals surface area (Å²) in [5.74, 6) is 11.0. The molecule has 1 heteroatoms. The summed E-state index contributed by atoms with van der Waals surface area (Å²) in [5.41, 5.74) is 7.01. The lowest BCUT2D eigenvalue weighted by Gasteiger charge is -2.50. The van der Waals surface area contributed by atoms with E-state index in [1.807, 2.05) is 5.57 Å². The summed E-state index contributed by atoms with van der Waals surface area (Å²) < 4.78 is 0. The standard InChI is InChI=1S/C34H46O/c1-6-7-8-24(23-9-12-26(13-10-23)33(2,3)4)21-27-14-18-32-31-16-11-25-22-28(35)15-17-29(25)30(31)19-20-34(27,32)5/h9-10,12-13,24-25,27,31-32H,6,11,14-22H2,1-5H3/t24?,25?,27-,31+,32-,34+/m0/s1. The zero-order valence-electron chi connectivity index (χ0n) is 22.9. The molecule has 0 N–H and O–H groups in total. The maximum absolute atomic E-state index is 12.1. The van der Waals surface area contributed by atoms with E-state index in [0.29, 0.717) is 23.0 Å². The fraction of sp³-hybridized carbons (Fsp3) is 0.676. The van der Waals surface area contributed by atoms with E-state index in [0.717, 1.165) is 43.4 Å². The molecule has 0 aliphatic heterocycles. The smallest absolute Gasteiger partial charge is 0.133 e. The third-order valence-corrected chi connectivity index (χ3v) is 10.5. The average Bonchev–Trinajstić information content (AvgIpc) is 3.17. The number of ketones is 1. The summed E-state index contributed by atoms with van der Waals surface area (Å²) in [7, 11) is 0. The Morgan fingerprint density at radius 2 is 1.77 bits per heavy atom. The van der Waals surface area contributed by atoms with E-state index in [9.17, 15) is 4.79 Å². The van der Waals surface area contributed by atoms with E-state index in [1.165, 1.54) is 56.1 Å². The van der Waals surface area contributed by atoms with Crippen LogP contribution in [0.15, 0.2) is 35.4 Å². The van der Waals surface area contributed by atoms with E-state index in [2.05, 4.69) is 70.7 Å². The third-order valence-electron chi connectivity index (χ3n) is 10.5. The van der Waals surface area contributed by atoms with Gasteiger partial charge >= 0.3 is 0 Å². The summed E-state index contributed by atoms with van der Waals surface area (Å²) in [6.07, 6.45) is 12.8. The van der Waals surface area contributed by atoms with Gasteiger partial charge in [-0.1, -0.05) is 76.0 Å². The number of allylic oxidation sites excluding steroid dienone is 2. The highest BCUT2D eigenvalue weighted by Gasteiger charge is 2.54. The van der Waals surface area contributed by atoms with Crippen molar-refractivity contribution >= 4 is 5.78 Å². The van der Waals surface area contributed by atoms with E-state index in [-0.39, 0.29) is 5.41 Å². The first kappa shape index (κ1) is 24.9. The van der Waals surface area contributed by atoms with Gasteiger partial charge in [0.05, 0.1) is 0 Å². The minimum absolute atomic E-state index is 0.189. The molecule has 2 unspecified atom stereocenters. The highest BCUT2D eigenvalue weighted by atomic mass is 16.1. The van der Waals surface area contributed by atoms with Gasteiger partial charge in [-0.05, 0) is 97.0 Å². The first-order valence-corrected chi connectivity index (χ1v) is 14.5. The third kappa shape index (κ3) is 4.68. The molecule has 0 heterocycles. The van der Waals surface area contributed by atoms with Gasteiger partial charge in [-0.2, -0.15) is 0 Å². The minimum Gasteiger partial charge on any atom is -0.300 e. The van der Waals surface area contributed by atoms with Gasteiger partial charge in [-0.3, -0.25) is 4.79 Å². The Morgan fingerprint density at radius 3 is 2.49 bits per heavy atom. The van der Waals surface area contributed by atoms with Crippen molar-refractivity contribution in [3.05, 3.63) is 46.5 Å². The van der Waals surface area contributed by atoms with Gasteiger partial charge in [-0.25, -0.2) is 0 Å². The normalized spacial score (nSPS) is 33.3. The van der Waals surface area contributed by atoms with Crippen LogP contribution in [-0.2, 0) is 10.2 Å². The molecule has 35 heavy (non-hydrogen) atoms. The van der Waals surface area contributed by atoms with Gasteiger partial charge in [0.2, 0.25) is 0 Å². The lowest BCUT2D eigenvalue weighted by molar-refractivity contribution is -0.120. The molecule has 0 spiro atoms. The van der Waals surface area contributed by atoms with Crippen LogP contribution in [0.2, 0.25) is 0 Å². The van der Waals surface area contributed by atoms with Crippen molar-refractivity contribution in [3.63, 3.8) is 0 Å². The second kappa shape index (κ2) is 9.57. The molecular formula is C34H46O. The van der Waals surface area contributed by atoms with E-state index >= 15 is 0 Å². The Morgan fingerprint density at radius 1 is 1.00 bits per heavy atom. The van der Waals surface area contributed by atoms with Crippen molar-refractivity contribution in [3.8, 4) is 11.8 Å². The Kier molecular flexibility index (Phi) is 6.80. The lowest BCUT2D eigenvalue weighted by atomic mass is 9.54. The summed E-state index contributed by atoms with van der Waals surface area (Å²) in [5, 5.41) is 0. The molecule has 1 aromatic carbocycles. The molecule has 4 aliphatic rings. The van der Waals surface area contributed by atoms with Crippen LogP contribution in [0.3, 0.4) is 0 Å². The lowest BCUT2D eigenvalue weighted by Crippen LogP contribution is -2.41. The first-order chi connectivity index (χ1) is 16.7. The molecule has 188 valence electrons. The number of carbonyl (C=O) groups excluding carboxylic acids is 1. The number of hydrogen-bond donors (Lipinski definition) is 0. The number of rotatable bonds is 3. The molecule has 6 atom stereocenters. The largest absolute Gasteiger partial charge is 0.300 e. The van der Waals surface area contributed by atoms with Crippen LogP contribution in [0.25, 0.3) is 0 Å². The molecule has 0 bridgehead atoms. The second-order valence-corrected chi connectivity index (χ2v) is 13.4. The van der Waals surface area contributed by atoms with Crippen molar-refractivity contribution in [2.24, 2.45) is 29.1 Å². The summed E-state index contributed by atoms with van der Waals surface area (Å²) in [6.45, 7) is 11.7. The number of Topliss-reactive ketones (excluding diaryl/α,β-unsaturated/α-hetero) is 1. The predicted molar refractivity (Wildman–Crippen MR) is 146 cm³/mol. The van der Waals surface area contributed by atoms with Crippen LogP contribution < -0.4 is 0 Å². The van der Waals surface area contributed by atoms with Crippen molar-refractivity contribution in [1.82, 2.24) is 0 Å². The van der Waals surface area contributed by atoms with Crippen molar-refractivity contribution in [2.45, 2.75) is 117 Å². The Hall–Kier alpha value is -1.81. The number of hydrogen-bond acceptors (Lipinski definition) is 1. The van der Waals surface area contributed by atoms with Gasteiger partial charge in [0, 0.05) is 25.2 Å². The number of carbonyl (C=O) groups is 1. The van der Waals surface area contributed by atoms with Crippen molar-refractivity contribution < 1.29 is 4.79 Å². The summed E-state index contributed by atoms with van der Waals surface area (Å²) >= 11 is 0. The maximum Gasteiger partial charge on any atom is 0.133 e. The fourth-order valence-corrected chi connectivity index (χ4v) is 8.45. The number of benzene rings is 1. The Balaban J connectivity index is 1.37. The molecule has 0 amide bonds. The van der Waals surface area contributed by atoms with Crippen molar-refractivity contribution in [1.29, 1.82) is 0 Å². The van der Waals surface area contributed by atoms with Gasteiger partial charge in [0.1, 0.15) is 5.78 Å². The fourth-order valence-electron chi connectivity index (χ4n) is 8.45. The maximum atomic E-state index is 12.1.